The largest absolute Gasteiger partial charge is 0.380 e. The smallest absolute Gasteiger partial charge is 0.315 e. The molecule has 1 atom stereocenters. The second kappa shape index (κ2) is 6.59. The Morgan fingerprint density at radius 2 is 2.20 bits per heavy atom. The van der Waals surface area contributed by atoms with Crippen LogP contribution in [0.2, 0.25) is 0 Å². The maximum Gasteiger partial charge on any atom is 0.315 e. The monoisotopic (exact) mass is 277 g/mol. The summed E-state index contributed by atoms with van der Waals surface area (Å²) in [5, 5.41) is 14.5. The molecule has 2 rings (SSSR count). The van der Waals surface area contributed by atoms with E-state index in [9.17, 15) is 10.1 Å². The quantitative estimate of drug-likeness (QED) is 0.674. The summed E-state index contributed by atoms with van der Waals surface area (Å²) in [4.78, 5) is 13.4. The van der Waals surface area contributed by atoms with Gasteiger partial charge in [0.2, 0.25) is 0 Å². The van der Waals surface area contributed by atoms with Crippen molar-refractivity contribution in [1.29, 1.82) is 0 Å². The van der Waals surface area contributed by atoms with Crippen LogP contribution in [-0.4, -0.2) is 24.6 Å². The Morgan fingerprint density at radius 3 is 2.90 bits per heavy atom. The Labute approximate surface area is 120 Å². The van der Waals surface area contributed by atoms with Crippen LogP contribution in [0.3, 0.4) is 0 Å². The van der Waals surface area contributed by atoms with Crippen molar-refractivity contribution in [2.45, 2.75) is 33.1 Å². The molecular formula is C15H23N3O2. The van der Waals surface area contributed by atoms with Crippen LogP contribution in [0, 0.1) is 16.0 Å². The second-order valence-electron chi connectivity index (χ2n) is 5.48. The Kier molecular flexibility index (Phi) is 4.82. The third-order valence-corrected chi connectivity index (χ3v) is 3.92. The van der Waals surface area contributed by atoms with E-state index in [0.717, 1.165) is 31.6 Å². The normalized spacial score (nSPS) is 19.5. The van der Waals surface area contributed by atoms with Crippen molar-refractivity contribution in [3.63, 3.8) is 0 Å². The molecule has 5 heteroatoms. The van der Waals surface area contributed by atoms with E-state index in [1.807, 2.05) is 19.1 Å². The molecule has 110 valence electrons. The molecule has 1 aromatic carbocycles. The van der Waals surface area contributed by atoms with Gasteiger partial charge in [-0.25, -0.2) is 0 Å². The van der Waals surface area contributed by atoms with Crippen molar-refractivity contribution in [3.8, 4) is 0 Å². The summed E-state index contributed by atoms with van der Waals surface area (Å²) in [6.07, 6.45) is 3.41. The third-order valence-electron chi connectivity index (χ3n) is 3.92. The molecule has 1 aliphatic rings. The number of anilines is 2. The van der Waals surface area contributed by atoms with Gasteiger partial charge in [0.25, 0.3) is 0 Å². The van der Waals surface area contributed by atoms with Crippen LogP contribution in [0.4, 0.5) is 17.1 Å². The fraction of sp³-hybridized carbons (Fsp3) is 0.600. The van der Waals surface area contributed by atoms with Gasteiger partial charge in [-0.15, -0.1) is 0 Å². The second-order valence-corrected chi connectivity index (χ2v) is 5.48. The molecule has 0 spiro atoms. The molecule has 1 unspecified atom stereocenters. The van der Waals surface area contributed by atoms with Crippen LogP contribution in [0.5, 0.6) is 0 Å². The number of nitro benzene ring substituents is 1. The first kappa shape index (κ1) is 14.6. The summed E-state index contributed by atoms with van der Waals surface area (Å²) in [6.45, 7) is 6.69. The first-order valence-corrected chi connectivity index (χ1v) is 7.39. The summed E-state index contributed by atoms with van der Waals surface area (Å²) in [7, 11) is 0. The number of hydrogen-bond acceptors (Lipinski definition) is 4. The summed E-state index contributed by atoms with van der Waals surface area (Å²) in [6, 6.07) is 5.55. The van der Waals surface area contributed by atoms with Gasteiger partial charge in [-0.1, -0.05) is 13.0 Å². The summed E-state index contributed by atoms with van der Waals surface area (Å²) < 4.78 is 0. The van der Waals surface area contributed by atoms with Crippen LogP contribution in [0.25, 0.3) is 0 Å². The van der Waals surface area contributed by atoms with Gasteiger partial charge < -0.3 is 10.2 Å². The van der Waals surface area contributed by atoms with Crippen LogP contribution in [0.1, 0.15) is 33.1 Å². The predicted octanol–water partition coefficient (Wildman–Crippen LogP) is 3.65. The van der Waals surface area contributed by atoms with Crippen molar-refractivity contribution in [1.82, 2.24) is 0 Å². The van der Waals surface area contributed by atoms with Gasteiger partial charge in [-0.3, -0.25) is 10.1 Å². The highest BCUT2D eigenvalue weighted by atomic mass is 16.6. The average Bonchev–Trinajstić information content (AvgIpc) is 2.63. The Bertz CT molecular complexity index is 476. The predicted molar refractivity (Wildman–Crippen MR) is 82.5 cm³/mol. The van der Waals surface area contributed by atoms with E-state index in [1.54, 1.807) is 6.07 Å². The van der Waals surface area contributed by atoms with Gasteiger partial charge in [0, 0.05) is 19.6 Å². The van der Waals surface area contributed by atoms with E-state index < -0.39 is 0 Å². The lowest BCUT2D eigenvalue weighted by atomic mass is 10.0. The molecule has 0 amide bonds. The van der Waals surface area contributed by atoms with Crippen LogP contribution >= 0.6 is 0 Å². The van der Waals surface area contributed by atoms with Crippen LogP contribution < -0.4 is 10.2 Å². The molecule has 0 saturated carbocycles. The number of rotatable bonds is 4. The molecule has 0 aliphatic carbocycles. The topological polar surface area (TPSA) is 58.4 Å². The van der Waals surface area contributed by atoms with Gasteiger partial charge in [0.1, 0.15) is 11.4 Å². The van der Waals surface area contributed by atoms with Gasteiger partial charge in [0.05, 0.1) is 4.92 Å². The van der Waals surface area contributed by atoms with Crippen molar-refractivity contribution in [2.75, 3.05) is 29.9 Å². The Balaban J connectivity index is 2.34. The Hall–Kier alpha value is -1.78. The minimum atomic E-state index is -0.262. The maximum atomic E-state index is 11.4. The van der Waals surface area contributed by atoms with E-state index in [2.05, 4.69) is 17.1 Å². The fourth-order valence-corrected chi connectivity index (χ4v) is 2.82. The van der Waals surface area contributed by atoms with E-state index in [0.29, 0.717) is 18.2 Å². The minimum Gasteiger partial charge on any atom is -0.380 e. The molecule has 1 fully saturated rings. The summed E-state index contributed by atoms with van der Waals surface area (Å²) >= 11 is 0. The van der Waals surface area contributed by atoms with Gasteiger partial charge in [0.15, 0.2) is 0 Å². The number of nitrogens with zero attached hydrogens (tertiary/aromatic N) is 2. The molecule has 1 saturated heterocycles. The van der Waals surface area contributed by atoms with Crippen molar-refractivity contribution in [2.24, 2.45) is 5.92 Å². The molecule has 20 heavy (non-hydrogen) atoms. The first-order chi connectivity index (χ1) is 9.63. The molecule has 1 N–H and O–H groups in total. The lowest BCUT2D eigenvalue weighted by Gasteiger charge is -2.23. The molecular weight excluding hydrogens is 254 g/mol. The third kappa shape index (κ3) is 3.21. The number of hydrogen-bond donors (Lipinski definition) is 1. The van der Waals surface area contributed by atoms with E-state index in [1.165, 1.54) is 6.42 Å². The Morgan fingerprint density at radius 1 is 1.40 bits per heavy atom. The lowest BCUT2D eigenvalue weighted by Crippen LogP contribution is -2.25. The fourth-order valence-electron chi connectivity index (χ4n) is 2.82. The molecule has 5 nitrogen and oxygen atoms in total. The average molecular weight is 277 g/mol. The first-order valence-electron chi connectivity index (χ1n) is 7.39. The van der Waals surface area contributed by atoms with Crippen molar-refractivity contribution in [3.05, 3.63) is 28.3 Å². The van der Waals surface area contributed by atoms with Gasteiger partial charge in [-0.05, 0) is 44.2 Å². The standard InChI is InChI=1S/C15H23N3O2/c1-3-16-13-7-4-8-14(15(13)18(19)20)17-10-5-6-12(2)9-11-17/h4,7-8,12,16H,3,5-6,9-11H2,1-2H3. The lowest BCUT2D eigenvalue weighted by molar-refractivity contribution is -0.383. The van der Waals surface area contributed by atoms with E-state index >= 15 is 0 Å². The molecule has 0 aromatic heterocycles. The SMILES string of the molecule is CCNc1cccc(N2CCCC(C)CC2)c1[N+](=O)[O-]. The highest BCUT2D eigenvalue weighted by molar-refractivity contribution is 5.77. The summed E-state index contributed by atoms with van der Waals surface area (Å²) in [5.74, 6) is 0.705. The molecule has 1 aliphatic heterocycles. The molecule has 0 radical (unpaired) electrons. The zero-order valence-electron chi connectivity index (χ0n) is 12.3. The number of para-hydroxylation sites is 1. The van der Waals surface area contributed by atoms with Crippen LogP contribution in [-0.2, 0) is 0 Å². The number of benzene rings is 1. The zero-order chi connectivity index (χ0) is 14.5. The highest BCUT2D eigenvalue weighted by Gasteiger charge is 2.25. The van der Waals surface area contributed by atoms with E-state index in [4.69, 9.17) is 0 Å². The zero-order valence-corrected chi connectivity index (χ0v) is 12.3. The number of nitrogens with one attached hydrogen (secondary N) is 1. The highest BCUT2D eigenvalue weighted by Crippen LogP contribution is 2.36. The van der Waals surface area contributed by atoms with Gasteiger partial charge in [-0.2, -0.15) is 0 Å². The minimum absolute atomic E-state index is 0.212. The molecule has 0 bridgehead atoms. The maximum absolute atomic E-state index is 11.4. The van der Waals surface area contributed by atoms with Crippen molar-refractivity contribution < 1.29 is 4.92 Å². The van der Waals surface area contributed by atoms with Crippen molar-refractivity contribution >= 4 is 17.1 Å². The molecule has 1 aromatic rings. The number of nitro groups is 1. The van der Waals surface area contributed by atoms with E-state index in [-0.39, 0.29) is 10.6 Å². The van der Waals surface area contributed by atoms with Gasteiger partial charge >= 0.3 is 5.69 Å². The summed E-state index contributed by atoms with van der Waals surface area (Å²) in [5.41, 5.74) is 1.58. The molecule has 1 heterocycles. The van der Waals surface area contributed by atoms with Crippen LogP contribution in [0.15, 0.2) is 18.2 Å².